The standard InChI is InChI=1S/C34H33NO6S/c1-22(37)35-19-24-5-4-6-28(17-24)25-13-15-27(16-14-25)34-40-29(21-42-32-8-3-2-7-30(32)33(38)39)18-31(41-34)26-11-9-23(20-36)10-12-26/h2-17,29,31,34,36H,18-21H2,1H3,(H,35,37)(H,38,39)/t29-,31+,34+/m1/s1. The Balaban J connectivity index is 1.35. The number of hydrogen-bond donors (Lipinski definition) is 3. The van der Waals surface area contributed by atoms with Gasteiger partial charge in [0.1, 0.15) is 0 Å². The third-order valence-corrected chi connectivity index (χ3v) is 8.35. The van der Waals surface area contributed by atoms with Gasteiger partial charge in [-0.2, -0.15) is 0 Å². The minimum atomic E-state index is -0.952. The topological polar surface area (TPSA) is 105 Å². The normalized spacial score (nSPS) is 18.4. The number of aromatic carboxylic acids is 1. The Kier molecular flexibility index (Phi) is 9.71. The molecule has 3 atom stereocenters. The number of carbonyl (C=O) groups excluding carboxylic acids is 1. The molecule has 8 heteroatoms. The molecule has 3 N–H and O–H groups in total. The van der Waals surface area contributed by atoms with Crippen LogP contribution in [0.5, 0.6) is 0 Å². The summed E-state index contributed by atoms with van der Waals surface area (Å²) in [6, 6.07) is 30.9. The highest BCUT2D eigenvalue weighted by atomic mass is 32.2. The first-order valence-electron chi connectivity index (χ1n) is 13.8. The number of nitrogens with one attached hydrogen (secondary N) is 1. The van der Waals surface area contributed by atoms with Crippen LogP contribution in [0.3, 0.4) is 0 Å². The summed E-state index contributed by atoms with van der Waals surface area (Å²) >= 11 is 1.47. The fraction of sp³-hybridized carbons (Fsp3) is 0.235. The van der Waals surface area contributed by atoms with Crippen LogP contribution in [0.4, 0.5) is 0 Å². The molecule has 1 amide bonds. The molecule has 216 valence electrons. The Hall–Kier alpha value is -3.95. The summed E-state index contributed by atoms with van der Waals surface area (Å²) in [4.78, 5) is 23.7. The van der Waals surface area contributed by atoms with Gasteiger partial charge in [-0.3, -0.25) is 4.79 Å². The van der Waals surface area contributed by atoms with Crippen molar-refractivity contribution in [3.8, 4) is 11.1 Å². The first kappa shape index (κ1) is 29.5. The van der Waals surface area contributed by atoms with Gasteiger partial charge in [0, 0.05) is 36.1 Å². The van der Waals surface area contributed by atoms with E-state index in [2.05, 4.69) is 11.4 Å². The van der Waals surface area contributed by atoms with E-state index in [-0.39, 0.29) is 30.3 Å². The van der Waals surface area contributed by atoms with Crippen LogP contribution in [0.2, 0.25) is 0 Å². The van der Waals surface area contributed by atoms with Crippen molar-refractivity contribution in [2.24, 2.45) is 0 Å². The Bertz CT molecular complexity index is 1520. The van der Waals surface area contributed by atoms with Gasteiger partial charge in [-0.15, -0.1) is 11.8 Å². The van der Waals surface area contributed by atoms with Gasteiger partial charge in [0.25, 0.3) is 0 Å². The van der Waals surface area contributed by atoms with E-state index in [9.17, 15) is 19.8 Å². The van der Waals surface area contributed by atoms with Crippen molar-refractivity contribution < 1.29 is 29.3 Å². The van der Waals surface area contributed by atoms with Crippen molar-refractivity contribution in [1.29, 1.82) is 0 Å². The number of amides is 1. The van der Waals surface area contributed by atoms with Crippen molar-refractivity contribution >= 4 is 23.6 Å². The number of carboxylic acids is 1. The molecule has 42 heavy (non-hydrogen) atoms. The summed E-state index contributed by atoms with van der Waals surface area (Å²) in [5.41, 5.74) is 6.08. The Morgan fingerprint density at radius 3 is 2.31 bits per heavy atom. The van der Waals surface area contributed by atoms with Crippen molar-refractivity contribution in [1.82, 2.24) is 5.32 Å². The van der Waals surface area contributed by atoms with Gasteiger partial charge >= 0.3 is 5.97 Å². The van der Waals surface area contributed by atoms with Gasteiger partial charge < -0.3 is 25.0 Å². The van der Waals surface area contributed by atoms with Crippen LogP contribution < -0.4 is 5.32 Å². The molecule has 0 saturated carbocycles. The maximum Gasteiger partial charge on any atom is 0.336 e. The smallest absolute Gasteiger partial charge is 0.336 e. The van der Waals surface area contributed by atoms with Crippen LogP contribution in [-0.2, 0) is 27.4 Å². The van der Waals surface area contributed by atoms with Crippen LogP contribution in [0.25, 0.3) is 11.1 Å². The number of hydrogen-bond acceptors (Lipinski definition) is 6. The van der Waals surface area contributed by atoms with Crippen LogP contribution >= 0.6 is 11.8 Å². The number of thioether (sulfide) groups is 1. The zero-order chi connectivity index (χ0) is 29.5. The predicted molar refractivity (Wildman–Crippen MR) is 162 cm³/mol. The summed E-state index contributed by atoms with van der Waals surface area (Å²) in [5, 5.41) is 21.9. The van der Waals surface area contributed by atoms with E-state index in [0.29, 0.717) is 23.6 Å². The number of aliphatic hydroxyl groups excluding tert-OH is 1. The molecule has 1 saturated heterocycles. The highest BCUT2D eigenvalue weighted by Crippen LogP contribution is 2.40. The molecule has 4 aromatic rings. The highest BCUT2D eigenvalue weighted by Gasteiger charge is 2.32. The maximum absolute atomic E-state index is 11.7. The second-order valence-corrected chi connectivity index (χ2v) is 11.3. The zero-order valence-electron chi connectivity index (χ0n) is 23.2. The van der Waals surface area contributed by atoms with Gasteiger partial charge in [-0.1, -0.05) is 78.9 Å². The van der Waals surface area contributed by atoms with E-state index in [1.54, 1.807) is 12.1 Å². The molecule has 0 aromatic heterocycles. The van der Waals surface area contributed by atoms with Crippen LogP contribution in [0, 0.1) is 0 Å². The van der Waals surface area contributed by atoms with Crippen molar-refractivity contribution in [2.75, 3.05) is 5.75 Å². The molecule has 1 aliphatic rings. The molecule has 0 spiro atoms. The number of rotatable bonds is 10. The van der Waals surface area contributed by atoms with Crippen LogP contribution in [0.1, 0.15) is 58.4 Å². The minimum Gasteiger partial charge on any atom is -0.478 e. The van der Waals surface area contributed by atoms with E-state index in [0.717, 1.165) is 33.4 Å². The third kappa shape index (κ3) is 7.46. The molecular formula is C34H33NO6S. The molecule has 7 nitrogen and oxygen atoms in total. The fourth-order valence-corrected chi connectivity index (χ4v) is 5.96. The second-order valence-electron chi connectivity index (χ2n) is 10.2. The zero-order valence-corrected chi connectivity index (χ0v) is 24.1. The molecule has 1 fully saturated rings. The van der Waals surface area contributed by atoms with E-state index in [1.807, 2.05) is 78.9 Å². The second kappa shape index (κ2) is 13.8. The predicted octanol–water partition coefficient (Wildman–Crippen LogP) is 6.52. The lowest BCUT2D eigenvalue weighted by Gasteiger charge is -2.36. The van der Waals surface area contributed by atoms with Gasteiger partial charge in [0.15, 0.2) is 6.29 Å². The third-order valence-electron chi connectivity index (χ3n) is 7.14. The Morgan fingerprint density at radius 1 is 0.857 bits per heavy atom. The van der Waals surface area contributed by atoms with Gasteiger partial charge in [-0.25, -0.2) is 4.79 Å². The average Bonchev–Trinajstić information content (AvgIpc) is 3.03. The summed E-state index contributed by atoms with van der Waals surface area (Å²) in [5.74, 6) is -0.455. The molecule has 1 aliphatic heterocycles. The van der Waals surface area contributed by atoms with E-state index >= 15 is 0 Å². The molecule has 0 aliphatic carbocycles. The number of aliphatic hydroxyl groups is 1. The lowest BCUT2D eigenvalue weighted by Crippen LogP contribution is -2.31. The minimum absolute atomic E-state index is 0.0255. The van der Waals surface area contributed by atoms with E-state index in [1.165, 1.54) is 18.7 Å². The lowest BCUT2D eigenvalue weighted by molar-refractivity contribution is -0.245. The summed E-state index contributed by atoms with van der Waals surface area (Å²) < 4.78 is 12.9. The van der Waals surface area contributed by atoms with Gasteiger partial charge in [-0.05, 0) is 46.0 Å². The quantitative estimate of drug-likeness (QED) is 0.183. The Morgan fingerprint density at radius 2 is 1.60 bits per heavy atom. The summed E-state index contributed by atoms with van der Waals surface area (Å²) in [7, 11) is 0. The summed E-state index contributed by atoms with van der Waals surface area (Å²) in [6.45, 7) is 1.95. The van der Waals surface area contributed by atoms with Crippen LogP contribution in [0.15, 0.2) is 102 Å². The fourth-order valence-electron chi connectivity index (χ4n) is 4.89. The van der Waals surface area contributed by atoms with E-state index in [4.69, 9.17) is 9.47 Å². The molecule has 0 bridgehead atoms. The monoisotopic (exact) mass is 583 g/mol. The molecular weight excluding hydrogens is 550 g/mol. The van der Waals surface area contributed by atoms with Crippen molar-refractivity contribution in [3.63, 3.8) is 0 Å². The maximum atomic E-state index is 11.7. The average molecular weight is 584 g/mol. The number of benzene rings is 4. The molecule has 0 unspecified atom stereocenters. The highest BCUT2D eigenvalue weighted by molar-refractivity contribution is 7.99. The first-order chi connectivity index (χ1) is 20.4. The Labute approximate surface area is 249 Å². The number of carboxylic acid groups (broad SMARTS) is 1. The van der Waals surface area contributed by atoms with Crippen molar-refractivity contribution in [3.05, 3.63) is 125 Å². The molecule has 0 radical (unpaired) electrons. The molecule has 5 rings (SSSR count). The molecule has 1 heterocycles. The SMILES string of the molecule is CC(=O)NCc1cccc(-c2ccc([C@H]3O[C@@H](CSc4ccccc4C(=O)O)C[C@@H](c4ccc(CO)cc4)O3)cc2)c1. The lowest BCUT2D eigenvalue weighted by atomic mass is 9.99. The molecule has 4 aromatic carbocycles. The van der Waals surface area contributed by atoms with Crippen LogP contribution in [-0.4, -0.2) is 33.9 Å². The largest absolute Gasteiger partial charge is 0.478 e. The first-order valence-corrected chi connectivity index (χ1v) is 14.8. The van der Waals surface area contributed by atoms with Gasteiger partial charge in [0.05, 0.1) is 24.4 Å². The summed E-state index contributed by atoms with van der Waals surface area (Å²) in [6.07, 6.45) is -0.428. The number of ether oxygens (including phenoxy) is 2. The van der Waals surface area contributed by atoms with Gasteiger partial charge in [0.2, 0.25) is 5.91 Å². The van der Waals surface area contributed by atoms with E-state index < -0.39 is 12.3 Å². The number of carbonyl (C=O) groups is 2. The van der Waals surface area contributed by atoms with Crippen molar-refractivity contribution in [2.45, 2.75) is 49.9 Å².